The summed E-state index contributed by atoms with van der Waals surface area (Å²) in [7, 11) is 0. The van der Waals surface area contributed by atoms with Crippen LogP contribution in [0.1, 0.15) is 42.6 Å². The van der Waals surface area contributed by atoms with Crippen LogP contribution < -0.4 is 10.2 Å². The predicted molar refractivity (Wildman–Crippen MR) is 133 cm³/mol. The molecule has 0 radical (unpaired) electrons. The third-order valence-electron chi connectivity index (χ3n) is 6.95. The van der Waals surface area contributed by atoms with Crippen molar-refractivity contribution in [1.82, 2.24) is 14.8 Å². The molecule has 1 saturated heterocycles. The van der Waals surface area contributed by atoms with Crippen LogP contribution in [-0.2, 0) is 22.6 Å². The number of rotatable bonds is 4. The van der Waals surface area contributed by atoms with E-state index in [1.54, 1.807) is 17.0 Å². The van der Waals surface area contributed by atoms with E-state index in [4.69, 9.17) is 11.6 Å². The Balaban J connectivity index is 1.35. The van der Waals surface area contributed by atoms with Crippen molar-refractivity contribution in [3.63, 3.8) is 0 Å². The molecular formula is C26H28ClN5O2. The van der Waals surface area contributed by atoms with E-state index in [-0.39, 0.29) is 18.2 Å². The number of nitrogens with zero attached hydrogens (tertiary/aromatic N) is 4. The summed E-state index contributed by atoms with van der Waals surface area (Å²) >= 11 is 6.52. The second-order valence-electron chi connectivity index (χ2n) is 9.21. The molecule has 3 heterocycles. The van der Waals surface area contributed by atoms with E-state index in [1.165, 1.54) is 6.42 Å². The number of carbonyl (C=O) groups excluding carboxylic acids is 2. The molecule has 34 heavy (non-hydrogen) atoms. The van der Waals surface area contributed by atoms with Crippen LogP contribution in [0.4, 0.5) is 11.4 Å². The first-order valence-electron chi connectivity index (χ1n) is 11.8. The fourth-order valence-corrected chi connectivity index (χ4v) is 5.05. The molecule has 2 aromatic carbocycles. The number of hydrogen-bond acceptors (Lipinski definition) is 4. The third kappa shape index (κ3) is 4.20. The maximum atomic E-state index is 13.1. The first-order valence-corrected chi connectivity index (χ1v) is 12.2. The van der Waals surface area contributed by atoms with Crippen LogP contribution in [0, 0.1) is 19.8 Å². The lowest BCUT2D eigenvalue weighted by Crippen LogP contribution is -2.28. The summed E-state index contributed by atoms with van der Waals surface area (Å²) < 4.78 is 2.14. The highest BCUT2D eigenvalue weighted by Crippen LogP contribution is 2.33. The molecule has 1 fully saturated rings. The molecule has 1 atom stereocenters. The van der Waals surface area contributed by atoms with Crippen molar-refractivity contribution in [3.05, 3.63) is 58.4 Å². The van der Waals surface area contributed by atoms with E-state index < -0.39 is 5.92 Å². The van der Waals surface area contributed by atoms with Crippen molar-refractivity contribution in [2.75, 3.05) is 16.8 Å². The van der Waals surface area contributed by atoms with Crippen molar-refractivity contribution in [3.8, 4) is 11.4 Å². The van der Waals surface area contributed by atoms with Gasteiger partial charge in [-0.2, -0.15) is 0 Å². The zero-order chi connectivity index (χ0) is 23.8. The fourth-order valence-electron chi connectivity index (χ4n) is 4.85. The van der Waals surface area contributed by atoms with Gasteiger partial charge in [0.2, 0.25) is 11.8 Å². The Hall–Kier alpha value is -3.19. The van der Waals surface area contributed by atoms with Gasteiger partial charge in [0, 0.05) is 42.9 Å². The summed E-state index contributed by atoms with van der Waals surface area (Å²) in [5.74, 6) is 1.09. The highest BCUT2D eigenvalue weighted by Gasteiger charge is 2.36. The summed E-state index contributed by atoms with van der Waals surface area (Å²) in [4.78, 5) is 27.6. The minimum Gasteiger partial charge on any atom is -0.326 e. The van der Waals surface area contributed by atoms with E-state index in [2.05, 4.69) is 20.1 Å². The smallest absolute Gasteiger partial charge is 0.229 e. The van der Waals surface area contributed by atoms with Gasteiger partial charge < -0.3 is 14.8 Å². The predicted octanol–water partition coefficient (Wildman–Crippen LogP) is 4.93. The number of halogens is 1. The Labute approximate surface area is 204 Å². The Kier molecular flexibility index (Phi) is 6.13. The van der Waals surface area contributed by atoms with Crippen molar-refractivity contribution in [1.29, 1.82) is 0 Å². The van der Waals surface area contributed by atoms with Crippen molar-refractivity contribution >= 4 is 34.8 Å². The van der Waals surface area contributed by atoms with Crippen molar-refractivity contribution in [2.24, 2.45) is 5.92 Å². The first kappa shape index (κ1) is 22.6. The van der Waals surface area contributed by atoms with Crippen LogP contribution in [0.15, 0.2) is 36.4 Å². The number of benzene rings is 2. The largest absolute Gasteiger partial charge is 0.326 e. The third-order valence-corrected chi connectivity index (χ3v) is 7.28. The lowest BCUT2D eigenvalue weighted by Gasteiger charge is -2.20. The molecular weight excluding hydrogens is 450 g/mol. The number of carbonyl (C=O) groups is 2. The van der Waals surface area contributed by atoms with Gasteiger partial charge in [-0.25, -0.2) is 0 Å². The van der Waals surface area contributed by atoms with E-state index >= 15 is 0 Å². The molecule has 0 saturated carbocycles. The maximum Gasteiger partial charge on any atom is 0.229 e. The second kappa shape index (κ2) is 9.22. The average Bonchev–Trinajstić information content (AvgIpc) is 3.32. The first-order chi connectivity index (χ1) is 16.4. The van der Waals surface area contributed by atoms with Gasteiger partial charge in [0.15, 0.2) is 5.82 Å². The van der Waals surface area contributed by atoms with Crippen LogP contribution >= 0.6 is 11.6 Å². The van der Waals surface area contributed by atoms with Gasteiger partial charge in [0.05, 0.1) is 10.9 Å². The standard InChI is InChI=1S/C26H28ClN5O2/c1-16-7-6-8-22(17(16)2)32-15-18(13-24(32)33)26(34)28-19-10-11-21(27)20(14-19)25-30-29-23-9-4-3-5-12-31(23)25/h6-8,10-11,14,18H,3-5,9,12-13,15H2,1-2H3,(H,28,34). The van der Waals surface area contributed by atoms with Crippen LogP contribution in [0.5, 0.6) is 0 Å². The van der Waals surface area contributed by atoms with Crippen LogP contribution in [0.25, 0.3) is 11.4 Å². The maximum absolute atomic E-state index is 13.1. The molecule has 7 nitrogen and oxygen atoms in total. The lowest BCUT2D eigenvalue weighted by atomic mass is 10.1. The molecule has 1 N–H and O–H groups in total. The van der Waals surface area contributed by atoms with Gasteiger partial charge in [-0.3, -0.25) is 9.59 Å². The Morgan fingerprint density at radius 1 is 1.12 bits per heavy atom. The normalized spacial score (nSPS) is 18.0. The number of amides is 2. The van der Waals surface area contributed by atoms with Crippen LogP contribution in [-0.4, -0.2) is 33.1 Å². The monoisotopic (exact) mass is 477 g/mol. The van der Waals surface area contributed by atoms with Crippen molar-refractivity contribution < 1.29 is 9.59 Å². The highest BCUT2D eigenvalue weighted by atomic mass is 35.5. The fraction of sp³-hybridized carbons (Fsp3) is 0.385. The summed E-state index contributed by atoms with van der Waals surface area (Å²) in [6, 6.07) is 11.3. The lowest BCUT2D eigenvalue weighted by molar-refractivity contribution is -0.122. The Morgan fingerprint density at radius 2 is 1.97 bits per heavy atom. The summed E-state index contributed by atoms with van der Waals surface area (Å²) in [6.07, 6.45) is 4.47. The highest BCUT2D eigenvalue weighted by molar-refractivity contribution is 6.33. The molecule has 2 amide bonds. The van der Waals surface area contributed by atoms with E-state index in [0.717, 1.165) is 59.8 Å². The quantitative estimate of drug-likeness (QED) is 0.577. The minimum atomic E-state index is -0.420. The van der Waals surface area contributed by atoms with Crippen molar-refractivity contribution in [2.45, 2.75) is 52.5 Å². The van der Waals surface area contributed by atoms with Gasteiger partial charge in [0.1, 0.15) is 5.82 Å². The zero-order valence-electron chi connectivity index (χ0n) is 19.5. The van der Waals surface area contributed by atoms with Gasteiger partial charge >= 0.3 is 0 Å². The number of aryl methyl sites for hydroxylation is 2. The van der Waals surface area contributed by atoms with Gasteiger partial charge in [-0.05, 0) is 62.1 Å². The molecule has 0 spiro atoms. The summed E-state index contributed by atoms with van der Waals surface area (Å²) in [5.41, 5.74) is 4.44. The summed E-state index contributed by atoms with van der Waals surface area (Å²) in [6.45, 7) is 5.26. The topological polar surface area (TPSA) is 80.1 Å². The number of fused-ring (bicyclic) bond motifs is 1. The number of nitrogens with one attached hydrogen (secondary N) is 1. The molecule has 8 heteroatoms. The average molecular weight is 478 g/mol. The van der Waals surface area contributed by atoms with E-state index in [1.807, 2.05) is 38.1 Å². The van der Waals surface area contributed by atoms with E-state index in [9.17, 15) is 9.59 Å². The molecule has 1 unspecified atom stereocenters. The molecule has 0 aliphatic carbocycles. The molecule has 3 aromatic rings. The Morgan fingerprint density at radius 3 is 2.82 bits per heavy atom. The van der Waals surface area contributed by atoms with Gasteiger partial charge in [-0.1, -0.05) is 30.2 Å². The molecule has 2 aliphatic heterocycles. The minimum absolute atomic E-state index is 0.0307. The molecule has 1 aromatic heterocycles. The number of aromatic nitrogens is 3. The Bertz CT molecular complexity index is 1270. The summed E-state index contributed by atoms with van der Waals surface area (Å²) in [5, 5.41) is 12.3. The SMILES string of the molecule is Cc1cccc(N2CC(C(=O)Nc3ccc(Cl)c(-c4nnc5n4CCCCC5)c3)CC2=O)c1C. The van der Waals surface area contributed by atoms with Crippen LogP contribution in [0.2, 0.25) is 5.02 Å². The number of anilines is 2. The van der Waals surface area contributed by atoms with Gasteiger partial charge in [-0.15, -0.1) is 10.2 Å². The molecule has 0 bridgehead atoms. The number of hydrogen-bond donors (Lipinski definition) is 1. The van der Waals surface area contributed by atoms with Crippen LogP contribution in [0.3, 0.4) is 0 Å². The van der Waals surface area contributed by atoms with Gasteiger partial charge in [0.25, 0.3) is 0 Å². The molecule has 176 valence electrons. The molecule has 2 aliphatic rings. The second-order valence-corrected chi connectivity index (χ2v) is 9.62. The zero-order valence-corrected chi connectivity index (χ0v) is 20.2. The molecule has 5 rings (SSSR count). The van der Waals surface area contributed by atoms with E-state index in [0.29, 0.717) is 17.3 Å².